The second kappa shape index (κ2) is 11.7. The van der Waals surface area contributed by atoms with Gasteiger partial charge in [0.25, 0.3) is 5.91 Å². The maximum Gasteiger partial charge on any atom is 0.329 e. The number of pyridine rings is 1. The summed E-state index contributed by atoms with van der Waals surface area (Å²) < 4.78 is 0. The van der Waals surface area contributed by atoms with Gasteiger partial charge in [-0.2, -0.15) is 5.06 Å². The first-order chi connectivity index (χ1) is 17.3. The predicted octanol–water partition coefficient (Wildman–Crippen LogP) is 7.01. The fourth-order valence-corrected chi connectivity index (χ4v) is 5.54. The Labute approximate surface area is 222 Å². The fraction of sp³-hybridized carbons (Fsp3) is 0.280. The monoisotopic (exact) mass is 546 g/mol. The standard InChI is InChI=1S/C25H24Cl2N4O4S/c1-15(32)35-31(17-8-3-2-4-9-17)24(33)23-20(13-21(36-23)16-7-6-12-28-14-16)29-25(34)30-22-18(26)10-5-11-19(22)27/h5-7,10-14,17H,2-4,8-9H2,1H3,(H2,29,30,34). The van der Waals surface area contributed by atoms with Gasteiger partial charge < -0.3 is 15.5 Å². The van der Waals surface area contributed by atoms with E-state index in [1.807, 2.05) is 6.07 Å². The summed E-state index contributed by atoms with van der Waals surface area (Å²) >= 11 is 13.5. The molecule has 2 heterocycles. The molecule has 0 bridgehead atoms. The molecule has 1 saturated carbocycles. The van der Waals surface area contributed by atoms with Crippen LogP contribution in [0.4, 0.5) is 16.2 Å². The zero-order valence-electron chi connectivity index (χ0n) is 19.4. The minimum absolute atomic E-state index is 0.223. The lowest BCUT2D eigenvalue weighted by Crippen LogP contribution is -2.42. The van der Waals surface area contributed by atoms with Gasteiger partial charge >= 0.3 is 12.0 Å². The van der Waals surface area contributed by atoms with E-state index in [2.05, 4.69) is 15.6 Å². The van der Waals surface area contributed by atoms with Crippen LogP contribution in [0.3, 0.4) is 0 Å². The van der Waals surface area contributed by atoms with E-state index in [4.69, 9.17) is 28.0 Å². The molecule has 1 aromatic carbocycles. The summed E-state index contributed by atoms with van der Waals surface area (Å²) in [5, 5.41) is 7.07. The Balaban J connectivity index is 1.67. The summed E-state index contributed by atoms with van der Waals surface area (Å²) in [6, 6.07) is 9.32. The van der Waals surface area contributed by atoms with Crippen LogP contribution >= 0.6 is 34.5 Å². The Bertz CT molecular complexity index is 1240. The lowest BCUT2D eigenvalue weighted by atomic mass is 9.95. The molecule has 0 aliphatic heterocycles. The molecule has 1 aliphatic carbocycles. The van der Waals surface area contributed by atoms with Crippen LogP contribution in [-0.2, 0) is 9.63 Å². The Morgan fingerprint density at radius 3 is 2.42 bits per heavy atom. The summed E-state index contributed by atoms with van der Waals surface area (Å²) in [4.78, 5) is 48.9. The number of thiophene rings is 1. The first kappa shape index (κ1) is 25.9. The quantitative estimate of drug-likeness (QED) is 0.335. The molecule has 3 aromatic rings. The molecule has 2 N–H and O–H groups in total. The van der Waals surface area contributed by atoms with Crippen LogP contribution in [0.15, 0.2) is 48.8 Å². The number of carbonyl (C=O) groups excluding carboxylic acids is 3. The van der Waals surface area contributed by atoms with Gasteiger partial charge in [0.05, 0.1) is 27.5 Å². The zero-order chi connectivity index (χ0) is 25.7. The van der Waals surface area contributed by atoms with Crippen molar-refractivity contribution >= 4 is 63.8 Å². The SMILES string of the molecule is CC(=O)ON(C(=O)c1sc(-c2cccnc2)cc1NC(=O)Nc1c(Cl)cccc1Cl)C1CCCCC1. The van der Waals surface area contributed by atoms with E-state index < -0.39 is 17.9 Å². The van der Waals surface area contributed by atoms with Crippen molar-refractivity contribution in [3.8, 4) is 10.4 Å². The number of para-hydroxylation sites is 1. The number of hydrogen-bond donors (Lipinski definition) is 2. The third kappa shape index (κ3) is 6.16. The van der Waals surface area contributed by atoms with Crippen molar-refractivity contribution in [2.45, 2.75) is 45.1 Å². The van der Waals surface area contributed by atoms with E-state index in [1.165, 1.54) is 18.3 Å². The molecule has 0 unspecified atom stereocenters. The van der Waals surface area contributed by atoms with Gasteiger partial charge in [0.1, 0.15) is 4.88 Å². The van der Waals surface area contributed by atoms with Crippen molar-refractivity contribution in [3.63, 3.8) is 0 Å². The number of hydroxylamine groups is 2. The second-order valence-corrected chi connectivity index (χ2v) is 10.1. The number of benzene rings is 1. The summed E-state index contributed by atoms with van der Waals surface area (Å²) in [6.07, 6.45) is 7.72. The Kier molecular flexibility index (Phi) is 8.45. The van der Waals surface area contributed by atoms with Gasteiger partial charge in [0.2, 0.25) is 0 Å². The second-order valence-electron chi connectivity index (χ2n) is 8.28. The number of carbonyl (C=O) groups is 3. The third-order valence-corrected chi connectivity index (χ3v) is 7.46. The number of amides is 3. The Hall–Kier alpha value is -3.14. The van der Waals surface area contributed by atoms with E-state index in [-0.39, 0.29) is 32.3 Å². The highest BCUT2D eigenvalue weighted by Gasteiger charge is 2.32. The van der Waals surface area contributed by atoms with Gasteiger partial charge in [0.15, 0.2) is 0 Å². The van der Waals surface area contributed by atoms with Gasteiger partial charge in [-0.05, 0) is 37.1 Å². The van der Waals surface area contributed by atoms with Crippen LogP contribution in [0.2, 0.25) is 10.0 Å². The first-order valence-corrected chi connectivity index (χ1v) is 13.0. The molecule has 0 atom stereocenters. The minimum atomic E-state index is -0.633. The van der Waals surface area contributed by atoms with Crippen LogP contribution in [0.5, 0.6) is 0 Å². The number of rotatable bonds is 5. The van der Waals surface area contributed by atoms with Crippen molar-refractivity contribution in [2.75, 3.05) is 10.6 Å². The molecule has 1 fully saturated rings. The Morgan fingerprint density at radius 2 is 1.78 bits per heavy atom. The lowest BCUT2D eigenvalue weighted by Gasteiger charge is -2.31. The molecule has 0 spiro atoms. The van der Waals surface area contributed by atoms with Gasteiger partial charge in [-0.1, -0.05) is 54.6 Å². The summed E-state index contributed by atoms with van der Waals surface area (Å²) in [5.41, 5.74) is 1.28. The van der Waals surface area contributed by atoms with Crippen LogP contribution in [0.25, 0.3) is 10.4 Å². The van der Waals surface area contributed by atoms with Gasteiger partial charge in [-0.25, -0.2) is 4.79 Å². The first-order valence-electron chi connectivity index (χ1n) is 11.4. The highest BCUT2D eigenvalue weighted by molar-refractivity contribution is 7.18. The normalized spacial score (nSPS) is 13.6. The molecule has 2 aromatic heterocycles. The highest BCUT2D eigenvalue weighted by Crippen LogP contribution is 2.37. The van der Waals surface area contributed by atoms with Crippen LogP contribution in [-0.4, -0.2) is 34.0 Å². The molecular weight excluding hydrogens is 523 g/mol. The number of urea groups is 1. The molecule has 3 amide bonds. The van der Waals surface area contributed by atoms with Crippen molar-refractivity contribution in [2.24, 2.45) is 0 Å². The molecule has 1 aliphatic rings. The maximum atomic E-state index is 13.7. The molecule has 4 rings (SSSR count). The van der Waals surface area contributed by atoms with Crippen molar-refractivity contribution in [1.82, 2.24) is 10.0 Å². The zero-order valence-corrected chi connectivity index (χ0v) is 21.8. The van der Waals surface area contributed by atoms with E-state index in [0.29, 0.717) is 4.88 Å². The topological polar surface area (TPSA) is 101 Å². The molecular formula is C25H24Cl2N4O4S. The van der Waals surface area contributed by atoms with E-state index in [0.717, 1.165) is 42.7 Å². The molecule has 8 nitrogen and oxygen atoms in total. The van der Waals surface area contributed by atoms with E-state index in [9.17, 15) is 14.4 Å². The van der Waals surface area contributed by atoms with Crippen molar-refractivity contribution < 1.29 is 19.2 Å². The smallest absolute Gasteiger partial charge is 0.329 e. The van der Waals surface area contributed by atoms with Crippen LogP contribution in [0, 0.1) is 0 Å². The number of aromatic nitrogens is 1. The largest absolute Gasteiger partial charge is 0.338 e. The highest BCUT2D eigenvalue weighted by atomic mass is 35.5. The Morgan fingerprint density at radius 1 is 1.06 bits per heavy atom. The minimum Gasteiger partial charge on any atom is -0.338 e. The lowest BCUT2D eigenvalue weighted by molar-refractivity contribution is -0.185. The average Bonchev–Trinajstić information content (AvgIpc) is 3.29. The number of nitrogens with one attached hydrogen (secondary N) is 2. The molecule has 36 heavy (non-hydrogen) atoms. The fourth-order valence-electron chi connectivity index (χ4n) is 4.01. The number of nitrogens with zero attached hydrogens (tertiary/aromatic N) is 2. The maximum absolute atomic E-state index is 13.7. The summed E-state index contributed by atoms with van der Waals surface area (Å²) in [6.45, 7) is 1.26. The average molecular weight is 547 g/mol. The predicted molar refractivity (Wildman–Crippen MR) is 141 cm³/mol. The van der Waals surface area contributed by atoms with Gasteiger partial charge in [0, 0.05) is 29.8 Å². The van der Waals surface area contributed by atoms with Gasteiger partial charge in [-0.15, -0.1) is 11.3 Å². The van der Waals surface area contributed by atoms with Crippen molar-refractivity contribution in [3.05, 3.63) is 63.7 Å². The van der Waals surface area contributed by atoms with Crippen LogP contribution < -0.4 is 10.6 Å². The number of hydrogen-bond acceptors (Lipinski definition) is 6. The number of anilines is 2. The van der Waals surface area contributed by atoms with Gasteiger partial charge in [-0.3, -0.25) is 14.6 Å². The van der Waals surface area contributed by atoms with Crippen LogP contribution in [0.1, 0.15) is 48.7 Å². The number of halogens is 2. The van der Waals surface area contributed by atoms with E-state index in [1.54, 1.807) is 42.7 Å². The third-order valence-electron chi connectivity index (χ3n) is 5.66. The molecule has 0 saturated heterocycles. The molecule has 188 valence electrons. The summed E-state index contributed by atoms with van der Waals surface area (Å²) in [7, 11) is 0. The van der Waals surface area contributed by atoms with E-state index >= 15 is 0 Å². The summed E-state index contributed by atoms with van der Waals surface area (Å²) in [5.74, 6) is -1.08. The molecule has 0 radical (unpaired) electrons. The molecule has 11 heteroatoms. The van der Waals surface area contributed by atoms with Crippen molar-refractivity contribution in [1.29, 1.82) is 0 Å².